The van der Waals surface area contributed by atoms with E-state index in [9.17, 15) is 9.18 Å². The van der Waals surface area contributed by atoms with Gasteiger partial charge in [0.1, 0.15) is 18.0 Å². The van der Waals surface area contributed by atoms with Gasteiger partial charge in [0.2, 0.25) is 5.91 Å². The van der Waals surface area contributed by atoms with Crippen molar-refractivity contribution >= 4 is 17.7 Å². The van der Waals surface area contributed by atoms with Crippen LogP contribution < -0.4 is 5.32 Å². The number of pyridine rings is 1. The average molecular weight is 342 g/mol. The zero-order valence-electron chi connectivity index (χ0n) is 12.7. The molecular formula is C17H15FN4OS. The van der Waals surface area contributed by atoms with Crippen LogP contribution in [0.2, 0.25) is 0 Å². The zero-order valence-corrected chi connectivity index (χ0v) is 13.5. The molecule has 0 bridgehead atoms. The van der Waals surface area contributed by atoms with E-state index < -0.39 is 0 Å². The van der Waals surface area contributed by atoms with Gasteiger partial charge in [-0.15, -0.1) is 11.8 Å². The minimum absolute atomic E-state index is 0.0805. The van der Waals surface area contributed by atoms with Crippen molar-refractivity contribution in [3.05, 3.63) is 72.7 Å². The quantitative estimate of drug-likeness (QED) is 0.700. The maximum absolute atomic E-state index is 12.8. The Balaban J connectivity index is 1.46. The Morgan fingerprint density at radius 2 is 2.04 bits per heavy atom. The van der Waals surface area contributed by atoms with Crippen molar-refractivity contribution < 1.29 is 9.18 Å². The van der Waals surface area contributed by atoms with Gasteiger partial charge < -0.3 is 5.32 Å². The lowest BCUT2D eigenvalue weighted by Crippen LogP contribution is -2.24. The second kappa shape index (κ2) is 7.74. The van der Waals surface area contributed by atoms with Crippen LogP contribution in [0.15, 0.2) is 66.2 Å². The van der Waals surface area contributed by atoms with E-state index in [4.69, 9.17) is 0 Å². The molecule has 0 unspecified atom stereocenters. The predicted octanol–water partition coefficient (Wildman–Crippen LogP) is 2.81. The molecule has 0 fully saturated rings. The van der Waals surface area contributed by atoms with E-state index in [1.807, 2.05) is 22.9 Å². The summed E-state index contributed by atoms with van der Waals surface area (Å²) in [4.78, 5) is 21.0. The Labute approximate surface area is 142 Å². The standard InChI is InChI=1S/C17H15FN4OS/c18-14-2-4-15(5-3-14)24-11-17(23)21-10-13-1-6-16(20-9-13)22-8-7-19-12-22/h1-9,12H,10-11H2,(H,21,23). The molecule has 24 heavy (non-hydrogen) atoms. The van der Waals surface area contributed by atoms with Crippen LogP contribution in [0.1, 0.15) is 5.56 Å². The molecule has 0 saturated heterocycles. The summed E-state index contributed by atoms with van der Waals surface area (Å²) in [7, 11) is 0. The number of rotatable bonds is 6. The first kappa shape index (κ1) is 16.2. The fraction of sp³-hybridized carbons (Fsp3) is 0.118. The summed E-state index contributed by atoms with van der Waals surface area (Å²) in [5.74, 6) is 0.694. The lowest BCUT2D eigenvalue weighted by atomic mass is 10.3. The molecule has 0 aliphatic heterocycles. The second-order valence-electron chi connectivity index (χ2n) is 5.01. The van der Waals surface area contributed by atoms with E-state index in [1.54, 1.807) is 30.9 Å². The largest absolute Gasteiger partial charge is 0.351 e. The van der Waals surface area contributed by atoms with Crippen molar-refractivity contribution in [2.24, 2.45) is 0 Å². The highest BCUT2D eigenvalue weighted by atomic mass is 32.2. The number of halogens is 1. The minimum atomic E-state index is -0.282. The smallest absolute Gasteiger partial charge is 0.230 e. The van der Waals surface area contributed by atoms with Crippen molar-refractivity contribution in [3.63, 3.8) is 0 Å². The van der Waals surface area contributed by atoms with Crippen LogP contribution >= 0.6 is 11.8 Å². The number of nitrogens with zero attached hydrogens (tertiary/aromatic N) is 3. The predicted molar refractivity (Wildman–Crippen MR) is 90.3 cm³/mol. The van der Waals surface area contributed by atoms with Gasteiger partial charge in [0.05, 0.1) is 5.75 Å². The first-order chi connectivity index (χ1) is 11.7. The highest BCUT2D eigenvalue weighted by Gasteiger charge is 2.04. The summed E-state index contributed by atoms with van der Waals surface area (Å²) >= 11 is 1.37. The first-order valence-electron chi connectivity index (χ1n) is 7.29. The van der Waals surface area contributed by atoms with Crippen LogP contribution in [0.3, 0.4) is 0 Å². The third kappa shape index (κ3) is 4.42. The van der Waals surface area contributed by atoms with Gasteiger partial charge in [0.25, 0.3) is 0 Å². The Morgan fingerprint density at radius 3 is 2.71 bits per heavy atom. The van der Waals surface area contributed by atoms with Crippen LogP contribution in [0.25, 0.3) is 5.82 Å². The van der Waals surface area contributed by atoms with Gasteiger partial charge >= 0.3 is 0 Å². The number of hydrogen-bond acceptors (Lipinski definition) is 4. The van der Waals surface area contributed by atoms with Crippen LogP contribution in [-0.2, 0) is 11.3 Å². The zero-order chi connectivity index (χ0) is 16.8. The molecule has 3 aromatic rings. The molecule has 1 amide bonds. The Hall–Kier alpha value is -2.67. The topological polar surface area (TPSA) is 59.8 Å². The fourth-order valence-corrected chi connectivity index (χ4v) is 2.73. The van der Waals surface area contributed by atoms with Gasteiger partial charge in [-0.3, -0.25) is 9.36 Å². The number of nitrogens with one attached hydrogen (secondary N) is 1. The third-order valence-corrected chi connectivity index (χ3v) is 4.26. The summed E-state index contributed by atoms with van der Waals surface area (Å²) in [5.41, 5.74) is 0.916. The van der Waals surface area contributed by atoms with Gasteiger partial charge in [0.15, 0.2) is 0 Å². The van der Waals surface area contributed by atoms with Crippen LogP contribution in [0, 0.1) is 5.82 Å². The minimum Gasteiger partial charge on any atom is -0.351 e. The molecule has 1 aromatic carbocycles. The summed E-state index contributed by atoms with van der Waals surface area (Å²) in [6, 6.07) is 9.87. The van der Waals surface area contributed by atoms with Gasteiger partial charge in [-0.05, 0) is 35.9 Å². The average Bonchev–Trinajstić information content (AvgIpc) is 3.14. The molecule has 0 radical (unpaired) electrons. The number of benzene rings is 1. The Morgan fingerprint density at radius 1 is 1.21 bits per heavy atom. The van der Waals surface area contributed by atoms with E-state index in [-0.39, 0.29) is 17.5 Å². The molecule has 3 rings (SSSR count). The number of carbonyl (C=O) groups excluding carboxylic acids is 1. The molecule has 7 heteroatoms. The second-order valence-corrected chi connectivity index (χ2v) is 6.06. The molecule has 122 valence electrons. The van der Waals surface area contributed by atoms with E-state index in [2.05, 4.69) is 15.3 Å². The van der Waals surface area contributed by atoms with Crippen molar-refractivity contribution in [2.75, 3.05) is 5.75 Å². The van der Waals surface area contributed by atoms with Crippen molar-refractivity contribution in [3.8, 4) is 5.82 Å². The number of thioether (sulfide) groups is 1. The van der Waals surface area contributed by atoms with Crippen molar-refractivity contribution in [1.29, 1.82) is 0 Å². The first-order valence-corrected chi connectivity index (χ1v) is 8.27. The van der Waals surface area contributed by atoms with Gasteiger partial charge in [-0.25, -0.2) is 14.4 Å². The molecule has 5 nitrogen and oxygen atoms in total. The highest BCUT2D eigenvalue weighted by Crippen LogP contribution is 2.17. The molecule has 0 atom stereocenters. The van der Waals surface area contributed by atoms with Gasteiger partial charge in [-0.1, -0.05) is 6.07 Å². The highest BCUT2D eigenvalue weighted by molar-refractivity contribution is 8.00. The number of hydrogen-bond donors (Lipinski definition) is 1. The van der Waals surface area contributed by atoms with E-state index >= 15 is 0 Å². The maximum atomic E-state index is 12.8. The Bertz CT molecular complexity index is 788. The van der Waals surface area contributed by atoms with Crippen LogP contribution in [0.4, 0.5) is 4.39 Å². The molecule has 0 aliphatic rings. The van der Waals surface area contributed by atoms with Crippen molar-refractivity contribution in [1.82, 2.24) is 19.9 Å². The molecule has 0 aliphatic carbocycles. The number of imidazole rings is 1. The van der Waals surface area contributed by atoms with Crippen LogP contribution in [0.5, 0.6) is 0 Å². The fourth-order valence-electron chi connectivity index (χ4n) is 2.00. The summed E-state index contributed by atoms with van der Waals surface area (Å²) < 4.78 is 14.6. The maximum Gasteiger partial charge on any atom is 0.230 e. The summed E-state index contributed by atoms with van der Waals surface area (Å²) in [6.45, 7) is 0.417. The third-order valence-electron chi connectivity index (χ3n) is 3.25. The summed E-state index contributed by atoms with van der Waals surface area (Å²) in [5, 5.41) is 2.84. The van der Waals surface area contributed by atoms with E-state index in [0.29, 0.717) is 6.54 Å². The van der Waals surface area contributed by atoms with Gasteiger partial charge in [-0.2, -0.15) is 0 Å². The molecule has 2 heterocycles. The molecule has 2 aromatic heterocycles. The number of carbonyl (C=O) groups is 1. The lowest BCUT2D eigenvalue weighted by molar-refractivity contribution is -0.118. The monoisotopic (exact) mass is 342 g/mol. The lowest BCUT2D eigenvalue weighted by Gasteiger charge is -2.06. The molecule has 0 spiro atoms. The Kier molecular flexibility index (Phi) is 5.22. The SMILES string of the molecule is O=C(CSc1ccc(F)cc1)NCc1ccc(-n2ccnc2)nc1. The van der Waals surface area contributed by atoms with Crippen LogP contribution in [-0.4, -0.2) is 26.2 Å². The molecular weight excluding hydrogens is 327 g/mol. The normalized spacial score (nSPS) is 10.5. The van der Waals surface area contributed by atoms with E-state index in [1.165, 1.54) is 23.9 Å². The molecule has 1 N–H and O–H groups in total. The van der Waals surface area contributed by atoms with Gasteiger partial charge in [0, 0.05) is 30.0 Å². The number of aromatic nitrogens is 3. The van der Waals surface area contributed by atoms with Crippen molar-refractivity contribution in [2.45, 2.75) is 11.4 Å². The van der Waals surface area contributed by atoms with E-state index in [0.717, 1.165) is 16.3 Å². The molecule has 0 saturated carbocycles. The summed E-state index contributed by atoms with van der Waals surface area (Å²) in [6.07, 6.45) is 6.91. The number of amides is 1.